The average molecular weight is 384 g/mol. The van der Waals surface area contributed by atoms with Crippen LogP contribution in [0.4, 0.5) is 0 Å². The van der Waals surface area contributed by atoms with Crippen molar-refractivity contribution in [1.82, 2.24) is 4.90 Å². The summed E-state index contributed by atoms with van der Waals surface area (Å²) >= 11 is 13.6. The number of hydrogen-bond acceptors (Lipinski definition) is 3. The van der Waals surface area contributed by atoms with E-state index < -0.39 is 0 Å². The molecule has 0 saturated carbocycles. The first-order valence-electron chi connectivity index (χ1n) is 8.00. The number of thiophene rings is 1. The maximum atomic E-state index is 12.8. The molecule has 3 nitrogen and oxygen atoms in total. The number of hydrogen-bond donors (Lipinski definition) is 0. The zero-order valence-electron chi connectivity index (χ0n) is 13.4. The van der Waals surface area contributed by atoms with Crippen LogP contribution in [0.25, 0.3) is 10.4 Å². The molecular formula is C18H19Cl2NO2S. The molecule has 2 aromatic rings. The first-order valence-corrected chi connectivity index (χ1v) is 9.57. The Morgan fingerprint density at radius 3 is 2.67 bits per heavy atom. The second-order valence-corrected chi connectivity index (χ2v) is 7.85. The van der Waals surface area contributed by atoms with E-state index >= 15 is 0 Å². The van der Waals surface area contributed by atoms with Crippen molar-refractivity contribution >= 4 is 40.4 Å². The Labute approximate surface area is 156 Å². The van der Waals surface area contributed by atoms with Crippen molar-refractivity contribution in [1.29, 1.82) is 0 Å². The molecule has 1 aliphatic rings. The molecule has 1 amide bonds. The maximum Gasteiger partial charge on any atom is 0.263 e. The summed E-state index contributed by atoms with van der Waals surface area (Å²) < 4.78 is 5.41. The Bertz CT molecular complexity index is 705. The van der Waals surface area contributed by atoms with Gasteiger partial charge in [0.1, 0.15) is 0 Å². The molecule has 128 valence electrons. The monoisotopic (exact) mass is 383 g/mol. The summed E-state index contributed by atoms with van der Waals surface area (Å²) in [6.45, 7) is 5.02. The van der Waals surface area contributed by atoms with E-state index in [2.05, 4.69) is 0 Å². The lowest BCUT2D eigenvalue weighted by Gasteiger charge is -2.23. The summed E-state index contributed by atoms with van der Waals surface area (Å²) in [6.07, 6.45) is 1.03. The molecule has 2 heterocycles. The van der Waals surface area contributed by atoms with Crippen LogP contribution in [0.2, 0.25) is 10.0 Å². The highest BCUT2D eigenvalue weighted by Gasteiger charge is 2.23. The van der Waals surface area contributed by atoms with Gasteiger partial charge in [-0.2, -0.15) is 0 Å². The molecule has 3 rings (SSSR count). The zero-order valence-corrected chi connectivity index (χ0v) is 15.8. The van der Waals surface area contributed by atoms with Gasteiger partial charge < -0.3 is 9.64 Å². The van der Waals surface area contributed by atoms with Gasteiger partial charge in [-0.15, -0.1) is 11.3 Å². The van der Waals surface area contributed by atoms with Crippen LogP contribution in [0, 0.1) is 5.92 Å². The quantitative estimate of drug-likeness (QED) is 0.707. The van der Waals surface area contributed by atoms with E-state index in [1.54, 1.807) is 6.07 Å². The van der Waals surface area contributed by atoms with Crippen LogP contribution in [0.1, 0.15) is 23.0 Å². The van der Waals surface area contributed by atoms with Gasteiger partial charge in [0.25, 0.3) is 5.91 Å². The molecule has 1 aromatic carbocycles. The van der Waals surface area contributed by atoms with Crippen molar-refractivity contribution in [2.75, 3.05) is 26.3 Å². The lowest BCUT2D eigenvalue weighted by molar-refractivity contribution is 0.0735. The number of ether oxygens (including phenoxy) is 1. The van der Waals surface area contributed by atoms with E-state index in [1.165, 1.54) is 11.3 Å². The van der Waals surface area contributed by atoms with Crippen LogP contribution in [-0.2, 0) is 4.74 Å². The van der Waals surface area contributed by atoms with Gasteiger partial charge in [-0.1, -0.05) is 23.2 Å². The molecule has 0 spiro atoms. The normalized spacial score (nSPS) is 17.2. The Kier molecular flexibility index (Phi) is 5.82. The van der Waals surface area contributed by atoms with Gasteiger partial charge >= 0.3 is 0 Å². The minimum absolute atomic E-state index is 0.0776. The second-order valence-electron chi connectivity index (χ2n) is 5.90. The van der Waals surface area contributed by atoms with Crippen LogP contribution in [0.5, 0.6) is 0 Å². The van der Waals surface area contributed by atoms with E-state index in [-0.39, 0.29) is 5.91 Å². The van der Waals surface area contributed by atoms with Crippen LogP contribution in [-0.4, -0.2) is 37.1 Å². The molecule has 6 heteroatoms. The Hall–Kier alpha value is -1.07. The summed E-state index contributed by atoms with van der Waals surface area (Å²) in [5.74, 6) is 0.522. The highest BCUT2D eigenvalue weighted by atomic mass is 35.5. The highest BCUT2D eigenvalue weighted by molar-refractivity contribution is 7.17. The number of benzene rings is 1. The van der Waals surface area contributed by atoms with Gasteiger partial charge in [-0.05, 0) is 49.2 Å². The molecular weight excluding hydrogens is 365 g/mol. The lowest BCUT2D eigenvalue weighted by Crippen LogP contribution is -2.35. The minimum atomic E-state index is 0.0776. The van der Waals surface area contributed by atoms with Gasteiger partial charge in [0.05, 0.1) is 11.5 Å². The van der Waals surface area contributed by atoms with Crippen LogP contribution in [0.3, 0.4) is 0 Å². The SMILES string of the molecule is CCN(CC1CCOC1)C(=O)c1ccc(-c2cc(Cl)cc(Cl)c2)s1. The lowest BCUT2D eigenvalue weighted by atomic mass is 10.1. The molecule has 0 N–H and O–H groups in total. The fourth-order valence-corrected chi connectivity index (χ4v) is 4.34. The third-order valence-corrected chi connectivity index (χ3v) is 5.69. The van der Waals surface area contributed by atoms with Crippen molar-refractivity contribution in [3.63, 3.8) is 0 Å². The summed E-state index contributed by atoms with van der Waals surface area (Å²) in [5.41, 5.74) is 0.934. The molecule has 1 saturated heterocycles. The molecule has 1 aromatic heterocycles. The molecule has 0 bridgehead atoms. The number of nitrogens with zero attached hydrogens (tertiary/aromatic N) is 1. The molecule has 1 fully saturated rings. The topological polar surface area (TPSA) is 29.5 Å². The van der Waals surface area contributed by atoms with E-state index in [0.29, 0.717) is 22.5 Å². The van der Waals surface area contributed by atoms with E-state index in [4.69, 9.17) is 27.9 Å². The molecule has 1 atom stereocenters. The number of amides is 1. The first kappa shape index (κ1) is 17.7. The summed E-state index contributed by atoms with van der Waals surface area (Å²) in [5, 5.41) is 1.19. The van der Waals surface area contributed by atoms with Gasteiger partial charge in [0, 0.05) is 40.5 Å². The summed E-state index contributed by atoms with van der Waals surface area (Å²) in [7, 11) is 0. The molecule has 24 heavy (non-hydrogen) atoms. The van der Waals surface area contributed by atoms with Gasteiger partial charge in [0.15, 0.2) is 0 Å². The predicted molar refractivity (Wildman–Crippen MR) is 100 cm³/mol. The van der Waals surface area contributed by atoms with E-state index in [9.17, 15) is 4.79 Å². The molecule has 0 aliphatic carbocycles. The zero-order chi connectivity index (χ0) is 17.1. The van der Waals surface area contributed by atoms with Crippen molar-refractivity contribution in [3.05, 3.63) is 45.3 Å². The number of halogens is 2. The van der Waals surface area contributed by atoms with Gasteiger partial charge in [-0.25, -0.2) is 0 Å². The number of rotatable bonds is 5. The van der Waals surface area contributed by atoms with E-state index in [0.717, 1.165) is 41.5 Å². The Morgan fingerprint density at radius 2 is 2.04 bits per heavy atom. The van der Waals surface area contributed by atoms with Crippen molar-refractivity contribution in [2.45, 2.75) is 13.3 Å². The van der Waals surface area contributed by atoms with Gasteiger partial charge in [-0.3, -0.25) is 4.79 Å². The standard InChI is InChI=1S/C18H19Cl2NO2S/c1-2-21(10-12-5-6-23-11-12)18(22)17-4-3-16(24-17)13-7-14(19)9-15(20)8-13/h3-4,7-9,12H,2,5-6,10-11H2,1H3. The fraction of sp³-hybridized carbons (Fsp3) is 0.389. The highest BCUT2D eigenvalue weighted by Crippen LogP contribution is 2.33. The van der Waals surface area contributed by atoms with Crippen molar-refractivity contribution < 1.29 is 9.53 Å². The Morgan fingerprint density at radius 1 is 1.29 bits per heavy atom. The van der Waals surface area contributed by atoms with Crippen LogP contribution < -0.4 is 0 Å². The van der Waals surface area contributed by atoms with Crippen LogP contribution in [0.15, 0.2) is 30.3 Å². The maximum absolute atomic E-state index is 12.8. The first-order chi connectivity index (χ1) is 11.6. The van der Waals surface area contributed by atoms with Crippen molar-refractivity contribution in [3.8, 4) is 10.4 Å². The Balaban J connectivity index is 1.76. The predicted octanol–water partition coefficient (Wildman–Crippen LogP) is 5.22. The van der Waals surface area contributed by atoms with Crippen molar-refractivity contribution in [2.24, 2.45) is 5.92 Å². The van der Waals surface area contributed by atoms with Crippen LogP contribution >= 0.6 is 34.5 Å². The third kappa shape index (κ3) is 4.12. The van der Waals surface area contributed by atoms with Gasteiger partial charge in [0.2, 0.25) is 0 Å². The third-order valence-electron chi connectivity index (χ3n) is 4.14. The smallest absolute Gasteiger partial charge is 0.263 e. The largest absolute Gasteiger partial charge is 0.381 e. The second kappa shape index (κ2) is 7.87. The number of carbonyl (C=O) groups excluding carboxylic acids is 1. The number of carbonyl (C=O) groups is 1. The molecule has 0 radical (unpaired) electrons. The van der Waals surface area contributed by atoms with E-state index in [1.807, 2.05) is 36.1 Å². The fourth-order valence-electron chi connectivity index (χ4n) is 2.85. The average Bonchev–Trinajstić information content (AvgIpc) is 3.22. The molecule has 1 aliphatic heterocycles. The molecule has 1 unspecified atom stereocenters. The minimum Gasteiger partial charge on any atom is -0.381 e. The summed E-state index contributed by atoms with van der Waals surface area (Å²) in [4.78, 5) is 16.4. The summed E-state index contributed by atoms with van der Waals surface area (Å²) in [6, 6.07) is 9.26.